The van der Waals surface area contributed by atoms with Gasteiger partial charge in [0.2, 0.25) is 0 Å². The van der Waals surface area contributed by atoms with E-state index in [1.54, 1.807) is 0 Å². The minimum Gasteiger partial charge on any atom is -0.466 e. The van der Waals surface area contributed by atoms with Crippen molar-refractivity contribution >= 4 is 18.0 Å². The van der Waals surface area contributed by atoms with Crippen molar-refractivity contribution in [3.8, 4) is 0 Å². The molecule has 0 spiro atoms. The van der Waals surface area contributed by atoms with Crippen LogP contribution in [0.1, 0.15) is 288 Å². The van der Waals surface area contributed by atoms with Gasteiger partial charge in [0.15, 0.2) is 0 Å². The summed E-state index contributed by atoms with van der Waals surface area (Å²) in [5.74, 6) is -0.0461. The Bertz CT molecular complexity index is 907. The third-order valence-corrected chi connectivity index (χ3v) is 10.9. The largest absolute Gasteiger partial charge is 0.466 e. The number of amides is 1. The molecule has 0 bridgehead atoms. The van der Waals surface area contributed by atoms with Crippen LogP contribution in [-0.4, -0.2) is 67.4 Å². The van der Waals surface area contributed by atoms with Crippen LogP contribution in [0.4, 0.5) is 4.79 Å². The van der Waals surface area contributed by atoms with E-state index in [0.717, 1.165) is 110 Å². The average Bonchev–Trinajstić information content (AvgIpc) is 3.23. The molecule has 0 radical (unpaired) electrons. The Morgan fingerprint density at radius 1 is 0.484 bits per heavy atom. The van der Waals surface area contributed by atoms with Gasteiger partial charge in [0.1, 0.15) is 11.7 Å². The third-order valence-electron chi connectivity index (χ3n) is 10.9. The lowest BCUT2D eigenvalue weighted by atomic mass is 10.0. The van der Waals surface area contributed by atoms with Crippen molar-refractivity contribution in [3.63, 3.8) is 0 Å². The van der Waals surface area contributed by atoms with E-state index < -0.39 is 5.60 Å². The van der Waals surface area contributed by atoms with E-state index in [9.17, 15) is 14.4 Å². The maximum atomic E-state index is 12.8. The Labute approximate surface area is 387 Å². The molecule has 0 aliphatic rings. The number of rotatable bonds is 42. The van der Waals surface area contributed by atoms with Crippen LogP contribution in [0, 0.1) is 0 Å². The minimum absolute atomic E-state index is 0.000589. The van der Waals surface area contributed by atoms with E-state index in [1.165, 1.54) is 116 Å². The van der Waals surface area contributed by atoms with Crippen molar-refractivity contribution in [1.82, 2.24) is 10.2 Å². The summed E-state index contributed by atoms with van der Waals surface area (Å²) in [7, 11) is 0. The average molecular weight is 883 g/mol. The molecule has 0 rings (SSSR count). The van der Waals surface area contributed by atoms with Crippen LogP contribution < -0.4 is 5.32 Å². The molecule has 0 saturated heterocycles. The first-order valence-electron chi connectivity index (χ1n) is 27.1. The second-order valence-corrected chi connectivity index (χ2v) is 18.6. The number of hydrogen-bond donors (Lipinski definition) is 1. The minimum atomic E-state index is -0.506. The number of ether oxygens (including phenoxy) is 3. The van der Waals surface area contributed by atoms with Gasteiger partial charge in [0.25, 0.3) is 0 Å². The molecule has 1 N–H and O–H groups in total. The zero-order valence-corrected chi connectivity index (χ0v) is 43.6. The second-order valence-electron chi connectivity index (χ2n) is 18.6. The lowest BCUT2D eigenvalue weighted by Crippen LogP contribution is -2.38. The number of hydrogen-bond acceptors (Lipinski definition) is 7. The van der Waals surface area contributed by atoms with Crippen molar-refractivity contribution in [3.05, 3.63) is 0 Å². The molecule has 0 saturated carbocycles. The maximum absolute atomic E-state index is 12.8. The normalized spacial score (nSPS) is 11.2. The fraction of sp³-hybridized carbons (Fsp3) is 0.944. The van der Waals surface area contributed by atoms with Gasteiger partial charge in [-0.25, -0.2) is 4.79 Å². The van der Waals surface area contributed by atoms with E-state index in [1.807, 2.05) is 34.6 Å². The van der Waals surface area contributed by atoms with Crippen LogP contribution in [0.5, 0.6) is 0 Å². The first kappa shape index (κ1) is 64.5. The molecule has 0 aliphatic heterocycles. The van der Waals surface area contributed by atoms with Crippen molar-refractivity contribution in [2.45, 2.75) is 299 Å². The van der Waals surface area contributed by atoms with Gasteiger partial charge in [-0.3, -0.25) is 9.59 Å². The predicted octanol–water partition coefficient (Wildman–Crippen LogP) is 16.6. The Kier molecular flexibility index (Phi) is 53.9. The van der Waals surface area contributed by atoms with Gasteiger partial charge < -0.3 is 24.4 Å². The third kappa shape index (κ3) is 54.3. The zero-order valence-electron chi connectivity index (χ0n) is 43.6. The number of esters is 2. The summed E-state index contributed by atoms with van der Waals surface area (Å²) >= 11 is 0. The van der Waals surface area contributed by atoms with Gasteiger partial charge in [-0.15, -0.1) is 0 Å². The molecule has 0 aromatic carbocycles. The number of carbonyl (C=O) groups is 3. The molecular weight excluding hydrogens is 773 g/mol. The summed E-state index contributed by atoms with van der Waals surface area (Å²) in [6.45, 7) is 24.6. The first-order valence-corrected chi connectivity index (χ1v) is 27.1. The first-order chi connectivity index (χ1) is 30.0. The highest BCUT2D eigenvalue weighted by molar-refractivity contribution is 5.69. The molecular formula is C54H110N2O6. The van der Waals surface area contributed by atoms with Crippen LogP contribution in [0.15, 0.2) is 0 Å². The number of unbranched alkanes of at least 4 members (excludes halogenated alkanes) is 24. The quantitative estimate of drug-likeness (QED) is 0.0371. The van der Waals surface area contributed by atoms with Gasteiger partial charge in [-0.2, -0.15) is 0 Å². The number of carbonyl (C=O) groups excluding carboxylic acids is 3. The van der Waals surface area contributed by atoms with Crippen molar-refractivity contribution in [2.24, 2.45) is 0 Å². The smallest absolute Gasteiger partial charge is 0.407 e. The van der Waals surface area contributed by atoms with Crippen molar-refractivity contribution in [1.29, 1.82) is 0 Å². The van der Waals surface area contributed by atoms with Crippen LogP contribution in [-0.2, 0) is 23.8 Å². The summed E-state index contributed by atoms with van der Waals surface area (Å²) in [4.78, 5) is 39.6. The second kappa shape index (κ2) is 51.8. The van der Waals surface area contributed by atoms with Gasteiger partial charge in [-0.05, 0) is 91.6 Å². The monoisotopic (exact) mass is 883 g/mol. The van der Waals surface area contributed by atoms with E-state index >= 15 is 0 Å². The summed E-state index contributed by atoms with van der Waals surface area (Å²) in [5, 5.41) is 2.92. The fourth-order valence-corrected chi connectivity index (χ4v) is 7.36. The van der Waals surface area contributed by atoms with E-state index in [-0.39, 0.29) is 24.1 Å². The van der Waals surface area contributed by atoms with Crippen LogP contribution in [0.3, 0.4) is 0 Å². The number of nitrogens with zero attached hydrogens (tertiary/aromatic N) is 1. The fourth-order valence-electron chi connectivity index (χ4n) is 7.36. The van der Waals surface area contributed by atoms with E-state index in [2.05, 4.69) is 44.8 Å². The highest BCUT2D eigenvalue weighted by atomic mass is 16.6. The topological polar surface area (TPSA) is 94.2 Å². The molecule has 0 fully saturated rings. The van der Waals surface area contributed by atoms with Gasteiger partial charge in [0.05, 0.1) is 6.61 Å². The molecule has 0 aromatic heterocycles. The Morgan fingerprint density at radius 2 is 0.855 bits per heavy atom. The molecule has 8 heteroatoms. The predicted molar refractivity (Wildman–Crippen MR) is 268 cm³/mol. The van der Waals surface area contributed by atoms with Gasteiger partial charge in [0, 0.05) is 25.9 Å². The maximum Gasteiger partial charge on any atom is 0.407 e. The van der Waals surface area contributed by atoms with Gasteiger partial charge >= 0.3 is 18.0 Å². The number of alkyl carbamates (subject to hydrolysis) is 1. The molecule has 8 nitrogen and oxygen atoms in total. The highest BCUT2D eigenvalue weighted by Gasteiger charge is 2.17. The molecule has 0 atom stereocenters. The van der Waals surface area contributed by atoms with Crippen LogP contribution in [0.2, 0.25) is 0 Å². The van der Waals surface area contributed by atoms with Crippen LogP contribution >= 0.6 is 0 Å². The Hall–Kier alpha value is -1.83. The van der Waals surface area contributed by atoms with Crippen molar-refractivity contribution in [2.75, 3.05) is 32.8 Å². The van der Waals surface area contributed by atoms with E-state index in [4.69, 9.17) is 14.2 Å². The lowest BCUT2D eigenvalue weighted by molar-refractivity contribution is -0.150. The summed E-state index contributed by atoms with van der Waals surface area (Å²) < 4.78 is 16.9. The molecule has 1 amide bonds. The zero-order chi connectivity index (χ0) is 46.8. The Morgan fingerprint density at radius 3 is 1.29 bits per heavy atom. The van der Waals surface area contributed by atoms with Gasteiger partial charge in [-0.1, -0.05) is 196 Å². The highest BCUT2D eigenvalue weighted by Crippen LogP contribution is 2.19. The van der Waals surface area contributed by atoms with Crippen molar-refractivity contribution < 1.29 is 28.6 Å². The van der Waals surface area contributed by atoms with E-state index in [0.29, 0.717) is 26.0 Å². The summed E-state index contributed by atoms with van der Waals surface area (Å²) in [5.41, 5.74) is -0.506. The molecule has 0 aromatic rings. The molecule has 0 unspecified atom stereocenters. The molecule has 62 heavy (non-hydrogen) atoms. The SMILES string of the molecule is CC.CCC.CCCCCCCCCOC(=O)CCCCCCCN(CCCCCCCC(=O)OC(CCCCCCCC)CCCCCCCC)CCNC(=O)OC(C)(C)C. The number of nitrogens with one attached hydrogen (secondary N) is 1. The molecule has 0 aliphatic carbocycles. The lowest BCUT2D eigenvalue weighted by Gasteiger charge is -2.24. The Balaban J connectivity index is -0.00000664. The molecule has 0 heterocycles. The molecule has 372 valence electrons. The summed E-state index contributed by atoms with van der Waals surface area (Å²) in [6.07, 6.45) is 38.6. The standard InChI is InChI=1S/C49H96N2O6.C3H8.C2H6/c1-7-10-13-16-19-28-35-44-55-46(52)38-31-24-20-26-33-41-51(43-40-50-48(54)57-49(4,5)6)42-34-27-21-25-32-39-47(53)56-45(36-29-22-17-14-11-8-2)37-30-23-18-15-12-9-3;1-3-2;1-2/h45H,7-44H2,1-6H3,(H,50,54);3H2,1-2H3;1-2H3. The van der Waals surface area contributed by atoms with Crippen LogP contribution in [0.25, 0.3) is 0 Å². The summed E-state index contributed by atoms with van der Waals surface area (Å²) in [6, 6.07) is 0.